The Balaban J connectivity index is 1.76. The average Bonchev–Trinajstić information content (AvgIpc) is 2.92. The van der Waals surface area contributed by atoms with E-state index in [9.17, 15) is 28.2 Å². The van der Waals surface area contributed by atoms with Crippen LogP contribution in [0.1, 0.15) is 17.4 Å². The van der Waals surface area contributed by atoms with Crippen LogP contribution in [0.25, 0.3) is 0 Å². The number of aliphatic hydroxyl groups is 2. The summed E-state index contributed by atoms with van der Waals surface area (Å²) < 4.78 is 35.8. The number of aliphatic hydroxyl groups excluding tert-OH is 2. The molecule has 1 saturated heterocycles. The first kappa shape index (κ1) is 20.4. The van der Waals surface area contributed by atoms with Gasteiger partial charge in [0.2, 0.25) is 0 Å². The van der Waals surface area contributed by atoms with Crippen molar-refractivity contribution in [3.63, 3.8) is 0 Å². The van der Waals surface area contributed by atoms with Crippen LogP contribution in [0.2, 0.25) is 0 Å². The van der Waals surface area contributed by atoms with Crippen molar-refractivity contribution >= 4 is 10.1 Å². The molecule has 0 amide bonds. The highest BCUT2D eigenvalue weighted by molar-refractivity contribution is 7.86. The molecule has 2 heterocycles. The Morgan fingerprint density at radius 2 is 1.79 bits per heavy atom. The number of hydrogen-bond acceptors (Lipinski definition) is 8. The number of ether oxygens (including phenoxy) is 1. The summed E-state index contributed by atoms with van der Waals surface area (Å²) in [7, 11) is -4.10. The Morgan fingerprint density at radius 3 is 2.43 bits per heavy atom. The molecule has 1 fully saturated rings. The minimum atomic E-state index is -4.10. The van der Waals surface area contributed by atoms with Gasteiger partial charge in [0, 0.05) is 11.8 Å². The van der Waals surface area contributed by atoms with Gasteiger partial charge in [0.25, 0.3) is 15.7 Å². The quantitative estimate of drug-likeness (QED) is 0.540. The molecule has 0 aliphatic carbocycles. The average molecular weight is 412 g/mol. The minimum absolute atomic E-state index is 0.0600. The van der Waals surface area contributed by atoms with Crippen LogP contribution < -0.4 is 11.2 Å². The lowest BCUT2D eigenvalue weighted by Gasteiger charge is -2.17. The number of rotatable bonds is 5. The van der Waals surface area contributed by atoms with Crippen molar-refractivity contribution < 1.29 is 27.6 Å². The van der Waals surface area contributed by atoms with Gasteiger partial charge < -0.3 is 14.9 Å². The lowest BCUT2D eigenvalue weighted by atomic mass is 10.1. The summed E-state index contributed by atoms with van der Waals surface area (Å²) in [6.45, 7) is 2.70. The van der Waals surface area contributed by atoms with Gasteiger partial charge in [-0.3, -0.25) is 18.5 Å². The fourth-order valence-electron chi connectivity index (χ4n) is 2.80. The van der Waals surface area contributed by atoms with E-state index in [2.05, 4.69) is 4.98 Å². The van der Waals surface area contributed by atoms with Gasteiger partial charge >= 0.3 is 5.69 Å². The van der Waals surface area contributed by atoms with Gasteiger partial charge in [-0.15, -0.1) is 0 Å². The first-order chi connectivity index (χ1) is 13.1. The highest BCUT2D eigenvalue weighted by Gasteiger charge is 2.45. The van der Waals surface area contributed by atoms with Crippen molar-refractivity contribution in [2.75, 3.05) is 6.61 Å². The third-order valence-electron chi connectivity index (χ3n) is 4.45. The second-order valence-corrected chi connectivity index (χ2v) is 8.19. The molecule has 1 aromatic heterocycles. The Morgan fingerprint density at radius 1 is 1.14 bits per heavy atom. The molecule has 1 unspecified atom stereocenters. The molecule has 3 N–H and O–H groups in total. The van der Waals surface area contributed by atoms with Crippen molar-refractivity contribution in [2.24, 2.45) is 0 Å². The normalized spacial score (nSPS) is 25.1. The molecule has 11 heteroatoms. The Bertz CT molecular complexity index is 1070. The van der Waals surface area contributed by atoms with E-state index in [1.54, 1.807) is 12.1 Å². The van der Waals surface area contributed by atoms with Crippen LogP contribution in [0.4, 0.5) is 0 Å². The Kier molecular flexibility index (Phi) is 5.55. The molecule has 0 bridgehead atoms. The summed E-state index contributed by atoms with van der Waals surface area (Å²) in [5.41, 5.74) is -0.341. The van der Waals surface area contributed by atoms with Crippen LogP contribution in [0.15, 0.2) is 44.9 Å². The monoisotopic (exact) mass is 412 g/mol. The van der Waals surface area contributed by atoms with Gasteiger partial charge in [0.05, 0.1) is 11.5 Å². The first-order valence-electron chi connectivity index (χ1n) is 8.40. The summed E-state index contributed by atoms with van der Waals surface area (Å²) in [5.74, 6) is 0. The number of benzene rings is 1. The van der Waals surface area contributed by atoms with E-state index in [0.717, 1.165) is 10.1 Å². The predicted octanol–water partition coefficient (Wildman–Crippen LogP) is -0.822. The molecule has 0 saturated carbocycles. The van der Waals surface area contributed by atoms with Gasteiger partial charge in [0.15, 0.2) is 6.23 Å². The molecule has 10 nitrogen and oxygen atoms in total. The largest absolute Gasteiger partial charge is 0.387 e. The number of aromatic amines is 1. The number of aryl methyl sites for hydroxylation is 2. The molecule has 4 atom stereocenters. The standard InChI is InChI=1S/C17H20N2O8S/c1-9-3-5-11(6-4-9)28(24,25)26-8-12-13(20)14(21)16(27-12)19-7-10(2)15(22)18-17(19)23/h3-7,12-14,16,20-21H,8H2,1-2H3,(H,18,22,23)/t12?,13-,14-,16-/m1/s1. The van der Waals surface area contributed by atoms with Crippen molar-refractivity contribution in [3.8, 4) is 0 Å². The fraction of sp³-hybridized carbons (Fsp3) is 0.412. The lowest BCUT2D eigenvalue weighted by Crippen LogP contribution is -2.38. The van der Waals surface area contributed by atoms with Crippen LogP contribution in [0.5, 0.6) is 0 Å². The summed E-state index contributed by atoms with van der Waals surface area (Å²) in [4.78, 5) is 25.5. The van der Waals surface area contributed by atoms with Crippen LogP contribution in [-0.4, -0.2) is 53.1 Å². The lowest BCUT2D eigenvalue weighted by molar-refractivity contribution is -0.0510. The van der Waals surface area contributed by atoms with E-state index >= 15 is 0 Å². The zero-order valence-corrected chi connectivity index (χ0v) is 15.9. The van der Waals surface area contributed by atoms with Crippen LogP contribution in [0.3, 0.4) is 0 Å². The van der Waals surface area contributed by atoms with Crippen LogP contribution >= 0.6 is 0 Å². The van der Waals surface area contributed by atoms with Crippen LogP contribution in [-0.2, 0) is 19.0 Å². The fourth-order valence-corrected chi connectivity index (χ4v) is 3.72. The second-order valence-electron chi connectivity index (χ2n) is 6.58. The number of hydrogen-bond donors (Lipinski definition) is 3. The molecule has 0 radical (unpaired) electrons. The molecular weight excluding hydrogens is 392 g/mol. The number of H-pyrrole nitrogens is 1. The second kappa shape index (κ2) is 7.60. The Hall–Kier alpha value is -2.31. The molecule has 0 spiro atoms. The number of nitrogens with zero attached hydrogens (tertiary/aromatic N) is 1. The van der Waals surface area contributed by atoms with Gasteiger partial charge in [-0.2, -0.15) is 8.42 Å². The predicted molar refractivity (Wildman–Crippen MR) is 96.3 cm³/mol. The van der Waals surface area contributed by atoms with E-state index in [1.807, 2.05) is 6.92 Å². The van der Waals surface area contributed by atoms with E-state index < -0.39 is 52.5 Å². The smallest absolute Gasteiger partial charge is 0.330 e. The summed E-state index contributed by atoms with van der Waals surface area (Å²) in [6.07, 6.45) is -4.36. The Labute approximate surface area is 160 Å². The van der Waals surface area contributed by atoms with Crippen LogP contribution in [0, 0.1) is 13.8 Å². The first-order valence-corrected chi connectivity index (χ1v) is 9.81. The van der Waals surface area contributed by atoms with E-state index in [1.165, 1.54) is 25.3 Å². The zero-order valence-electron chi connectivity index (χ0n) is 15.1. The SMILES string of the molecule is Cc1ccc(S(=O)(=O)OCC2O[C@@H](n3cc(C)c(=O)[nH]c3=O)[C@H](O)[C@@H]2O)cc1. The van der Waals surface area contributed by atoms with Gasteiger partial charge in [0.1, 0.15) is 18.3 Å². The molecule has 152 valence electrons. The summed E-state index contributed by atoms with van der Waals surface area (Å²) in [5, 5.41) is 20.4. The van der Waals surface area contributed by atoms with Crippen molar-refractivity contribution in [1.29, 1.82) is 0 Å². The third-order valence-corrected chi connectivity index (χ3v) is 5.75. The molecule has 3 rings (SSSR count). The van der Waals surface area contributed by atoms with Gasteiger partial charge in [-0.05, 0) is 26.0 Å². The van der Waals surface area contributed by atoms with Crippen molar-refractivity contribution in [2.45, 2.75) is 43.3 Å². The topological polar surface area (TPSA) is 148 Å². The molecular formula is C17H20N2O8S. The van der Waals surface area contributed by atoms with Crippen molar-refractivity contribution in [3.05, 3.63) is 62.4 Å². The van der Waals surface area contributed by atoms with E-state index in [0.29, 0.717) is 0 Å². The molecule has 2 aromatic rings. The zero-order chi connectivity index (χ0) is 20.6. The van der Waals surface area contributed by atoms with E-state index in [4.69, 9.17) is 8.92 Å². The van der Waals surface area contributed by atoms with Gasteiger partial charge in [-0.25, -0.2) is 4.79 Å². The maximum Gasteiger partial charge on any atom is 0.330 e. The maximum absolute atomic E-state index is 12.3. The molecule has 28 heavy (non-hydrogen) atoms. The summed E-state index contributed by atoms with van der Waals surface area (Å²) >= 11 is 0. The maximum atomic E-state index is 12.3. The number of nitrogens with one attached hydrogen (secondary N) is 1. The molecule has 1 aliphatic rings. The minimum Gasteiger partial charge on any atom is -0.387 e. The third kappa shape index (κ3) is 3.93. The molecule has 1 aromatic carbocycles. The van der Waals surface area contributed by atoms with Gasteiger partial charge in [-0.1, -0.05) is 17.7 Å². The van der Waals surface area contributed by atoms with E-state index in [-0.39, 0.29) is 10.5 Å². The highest BCUT2D eigenvalue weighted by atomic mass is 32.2. The summed E-state index contributed by atoms with van der Waals surface area (Å²) in [6, 6.07) is 6.00. The molecule has 1 aliphatic heterocycles. The van der Waals surface area contributed by atoms with Crippen molar-refractivity contribution in [1.82, 2.24) is 9.55 Å². The highest BCUT2D eigenvalue weighted by Crippen LogP contribution is 2.29. The number of aromatic nitrogens is 2.